The number of carbonyl (C=O) groups is 1. The van der Waals surface area contributed by atoms with E-state index in [-0.39, 0.29) is 17.2 Å². The van der Waals surface area contributed by atoms with Crippen LogP contribution < -0.4 is 16.0 Å². The lowest BCUT2D eigenvalue weighted by Gasteiger charge is -2.10. The first kappa shape index (κ1) is 13.8. The molecule has 0 fully saturated rings. The minimum absolute atomic E-state index is 0.0461. The van der Waals surface area contributed by atoms with Gasteiger partial charge in [0, 0.05) is 29.6 Å². The molecule has 0 aromatic heterocycles. The van der Waals surface area contributed by atoms with E-state index in [9.17, 15) is 15.0 Å². The van der Waals surface area contributed by atoms with Crippen LogP contribution in [0.3, 0.4) is 0 Å². The summed E-state index contributed by atoms with van der Waals surface area (Å²) in [5.74, 6) is -0.169. The summed E-state index contributed by atoms with van der Waals surface area (Å²) in [6.07, 6.45) is 0.722. The molecule has 1 heterocycles. The lowest BCUT2D eigenvalue weighted by molar-refractivity contribution is 0.262. The maximum absolute atomic E-state index is 12.0. The van der Waals surface area contributed by atoms with E-state index in [0.29, 0.717) is 5.69 Å². The number of urea groups is 1. The maximum atomic E-state index is 12.0. The fourth-order valence-corrected chi connectivity index (χ4v) is 2.31. The zero-order valence-corrected chi connectivity index (χ0v) is 11.7. The van der Waals surface area contributed by atoms with E-state index in [4.69, 9.17) is 0 Å². The number of benzene rings is 2. The maximum Gasteiger partial charge on any atom is 0.323 e. The first-order chi connectivity index (χ1) is 10.5. The molecule has 6 nitrogen and oxygen atoms in total. The molecule has 112 valence electrons. The molecule has 0 spiro atoms. The molecule has 0 saturated carbocycles. The number of hydrogen-bond acceptors (Lipinski definition) is 4. The number of hydrogen-bond donors (Lipinski definition) is 5. The van der Waals surface area contributed by atoms with Crippen LogP contribution in [0.1, 0.15) is 5.56 Å². The van der Waals surface area contributed by atoms with Crippen LogP contribution in [0.2, 0.25) is 0 Å². The highest BCUT2D eigenvalue weighted by Crippen LogP contribution is 2.30. The summed E-state index contributed by atoms with van der Waals surface area (Å²) >= 11 is 0. The van der Waals surface area contributed by atoms with Crippen LogP contribution in [0, 0.1) is 0 Å². The van der Waals surface area contributed by atoms with Crippen LogP contribution in [-0.4, -0.2) is 16.2 Å². The fourth-order valence-electron chi connectivity index (χ4n) is 2.31. The molecular formula is C16H15N3O3. The van der Waals surface area contributed by atoms with Crippen LogP contribution >= 0.6 is 0 Å². The molecule has 0 atom stereocenters. The Kier molecular flexibility index (Phi) is 3.34. The molecule has 2 aromatic carbocycles. The van der Waals surface area contributed by atoms with Crippen molar-refractivity contribution >= 4 is 23.1 Å². The smallest absolute Gasteiger partial charge is 0.323 e. The molecule has 1 aliphatic rings. The van der Waals surface area contributed by atoms with E-state index in [1.807, 2.05) is 12.1 Å². The summed E-state index contributed by atoms with van der Waals surface area (Å²) in [5.41, 5.74) is 3.73. The van der Waals surface area contributed by atoms with Gasteiger partial charge >= 0.3 is 6.03 Å². The Bertz CT molecular complexity index is 771. The van der Waals surface area contributed by atoms with E-state index in [1.165, 1.54) is 18.2 Å². The largest absolute Gasteiger partial charge is 0.508 e. The van der Waals surface area contributed by atoms with Gasteiger partial charge in [-0.05, 0) is 35.9 Å². The molecule has 0 aliphatic carbocycles. The van der Waals surface area contributed by atoms with Crippen molar-refractivity contribution in [2.75, 3.05) is 16.0 Å². The van der Waals surface area contributed by atoms with Crippen molar-refractivity contribution in [3.05, 3.63) is 54.2 Å². The van der Waals surface area contributed by atoms with Crippen molar-refractivity contribution in [3.63, 3.8) is 0 Å². The molecule has 0 bridgehead atoms. The van der Waals surface area contributed by atoms with Gasteiger partial charge in [0.05, 0.1) is 5.69 Å². The van der Waals surface area contributed by atoms with Gasteiger partial charge in [-0.1, -0.05) is 6.58 Å². The highest BCUT2D eigenvalue weighted by atomic mass is 16.3. The summed E-state index contributed by atoms with van der Waals surface area (Å²) in [6.45, 7) is 3.87. The summed E-state index contributed by atoms with van der Waals surface area (Å²) in [4.78, 5) is 12.0. The number of phenolic OH excluding ortho intramolecular Hbond substituents is 2. The summed E-state index contributed by atoms with van der Waals surface area (Å²) in [6, 6.07) is 8.90. The molecule has 6 heteroatoms. The molecular weight excluding hydrogens is 282 g/mol. The van der Waals surface area contributed by atoms with Crippen LogP contribution in [0.25, 0.3) is 0 Å². The number of aromatic hydroxyl groups is 2. The second kappa shape index (κ2) is 5.33. The van der Waals surface area contributed by atoms with Crippen molar-refractivity contribution < 1.29 is 15.0 Å². The van der Waals surface area contributed by atoms with Crippen LogP contribution in [0.4, 0.5) is 21.9 Å². The van der Waals surface area contributed by atoms with Crippen molar-refractivity contribution in [3.8, 4) is 11.5 Å². The summed E-state index contributed by atoms with van der Waals surface area (Å²) in [5, 5.41) is 27.3. The third-order valence-electron chi connectivity index (χ3n) is 3.31. The number of anilines is 3. The van der Waals surface area contributed by atoms with Crippen molar-refractivity contribution in [1.29, 1.82) is 0 Å². The Morgan fingerprint density at radius 3 is 2.77 bits per heavy atom. The molecule has 3 rings (SSSR count). The molecule has 0 saturated heterocycles. The van der Waals surface area contributed by atoms with Gasteiger partial charge in [0.2, 0.25) is 0 Å². The highest BCUT2D eigenvalue weighted by molar-refractivity contribution is 6.01. The Morgan fingerprint density at radius 1 is 1.14 bits per heavy atom. The zero-order chi connectivity index (χ0) is 15.7. The van der Waals surface area contributed by atoms with Gasteiger partial charge in [-0.3, -0.25) is 0 Å². The first-order valence-corrected chi connectivity index (χ1v) is 6.69. The number of nitrogens with one attached hydrogen (secondary N) is 3. The number of carbonyl (C=O) groups excluding carboxylic acids is 1. The number of phenols is 2. The van der Waals surface area contributed by atoms with E-state index < -0.39 is 6.03 Å². The van der Waals surface area contributed by atoms with Gasteiger partial charge in [0.25, 0.3) is 0 Å². The second-order valence-electron chi connectivity index (χ2n) is 5.06. The predicted octanol–water partition coefficient (Wildman–Crippen LogP) is 3.22. The van der Waals surface area contributed by atoms with Gasteiger partial charge in [-0.25, -0.2) is 4.79 Å². The molecule has 2 aromatic rings. The third kappa shape index (κ3) is 2.80. The number of rotatable bonds is 2. The van der Waals surface area contributed by atoms with Gasteiger partial charge in [-0.2, -0.15) is 0 Å². The second-order valence-corrected chi connectivity index (χ2v) is 5.06. The van der Waals surface area contributed by atoms with Crippen LogP contribution in [-0.2, 0) is 6.42 Å². The van der Waals surface area contributed by atoms with Crippen LogP contribution in [0.5, 0.6) is 11.5 Å². The Labute approximate surface area is 127 Å². The average Bonchev–Trinajstić information content (AvgIpc) is 2.82. The monoisotopic (exact) mass is 297 g/mol. The SMILES string of the molecule is C=C1Cc2cc(NC(=O)Nc3cc(O)ccc3O)ccc2N1. The van der Waals surface area contributed by atoms with E-state index >= 15 is 0 Å². The van der Waals surface area contributed by atoms with Crippen LogP contribution in [0.15, 0.2) is 48.7 Å². The Balaban J connectivity index is 1.71. The lowest BCUT2D eigenvalue weighted by Crippen LogP contribution is -2.19. The predicted molar refractivity (Wildman–Crippen MR) is 85.3 cm³/mol. The number of allylic oxidation sites excluding steroid dienone is 1. The van der Waals surface area contributed by atoms with Crippen molar-refractivity contribution in [1.82, 2.24) is 0 Å². The van der Waals surface area contributed by atoms with Crippen molar-refractivity contribution in [2.24, 2.45) is 0 Å². The summed E-state index contributed by atoms with van der Waals surface area (Å²) < 4.78 is 0. The molecule has 1 aliphatic heterocycles. The minimum atomic E-state index is -0.509. The first-order valence-electron chi connectivity index (χ1n) is 6.69. The molecule has 22 heavy (non-hydrogen) atoms. The minimum Gasteiger partial charge on any atom is -0.508 e. The number of fused-ring (bicyclic) bond motifs is 1. The van der Waals surface area contributed by atoms with Crippen molar-refractivity contribution in [2.45, 2.75) is 6.42 Å². The molecule has 5 N–H and O–H groups in total. The Hall–Kier alpha value is -3.15. The number of amides is 2. The van der Waals surface area contributed by atoms with E-state index in [0.717, 1.165) is 23.4 Å². The van der Waals surface area contributed by atoms with E-state index in [1.54, 1.807) is 6.07 Å². The van der Waals surface area contributed by atoms with Gasteiger partial charge in [0.15, 0.2) is 0 Å². The molecule has 0 radical (unpaired) electrons. The standard InChI is InChI=1S/C16H15N3O3/c1-9-6-10-7-11(2-4-13(10)17-9)18-16(22)19-14-8-12(20)3-5-15(14)21/h2-5,7-8,17,20-21H,1,6H2,(H2,18,19,22). The normalized spacial score (nSPS) is 12.5. The average molecular weight is 297 g/mol. The van der Waals surface area contributed by atoms with Gasteiger partial charge in [-0.15, -0.1) is 0 Å². The lowest BCUT2D eigenvalue weighted by atomic mass is 10.1. The summed E-state index contributed by atoms with van der Waals surface area (Å²) in [7, 11) is 0. The fraction of sp³-hybridized carbons (Fsp3) is 0.0625. The highest BCUT2D eigenvalue weighted by Gasteiger charge is 2.14. The van der Waals surface area contributed by atoms with E-state index in [2.05, 4.69) is 22.5 Å². The zero-order valence-electron chi connectivity index (χ0n) is 11.7. The quantitative estimate of drug-likeness (QED) is 0.434. The Morgan fingerprint density at radius 2 is 1.95 bits per heavy atom. The molecule has 0 unspecified atom stereocenters. The van der Waals surface area contributed by atoms with Gasteiger partial charge < -0.3 is 26.2 Å². The third-order valence-corrected chi connectivity index (χ3v) is 3.31. The molecule has 2 amide bonds. The van der Waals surface area contributed by atoms with Gasteiger partial charge in [0.1, 0.15) is 11.5 Å². The topological polar surface area (TPSA) is 93.6 Å².